The van der Waals surface area contributed by atoms with Crippen molar-refractivity contribution in [1.82, 2.24) is 0 Å². The Kier molecular flexibility index (Phi) is 9.44. The molecule has 0 unspecified atom stereocenters. The molecule has 0 N–H and O–H groups in total. The summed E-state index contributed by atoms with van der Waals surface area (Å²) in [4.78, 5) is 54.8. The van der Waals surface area contributed by atoms with Crippen molar-refractivity contribution in [3.8, 4) is 0 Å². The van der Waals surface area contributed by atoms with Gasteiger partial charge in [0, 0.05) is 0 Å². The first kappa shape index (κ1) is 29.9. The Hall–Kier alpha value is -3.06. The molecule has 208 valence electrons. The molecule has 40 heavy (non-hydrogen) atoms. The summed E-state index contributed by atoms with van der Waals surface area (Å²) in [6.45, 7) is 8.29. The molecule has 2 amide bonds. The summed E-state index contributed by atoms with van der Waals surface area (Å²) in [5.41, 5.74) is 1.34. The van der Waals surface area contributed by atoms with Gasteiger partial charge in [-0.2, -0.15) is 0 Å². The largest absolute Gasteiger partial charge is 0.462 e. The number of carbonyl (C=O) groups is 4. The zero-order valence-electron chi connectivity index (χ0n) is 22.2. The maximum atomic E-state index is 13.5. The van der Waals surface area contributed by atoms with Crippen molar-refractivity contribution in [3.63, 3.8) is 0 Å². The van der Waals surface area contributed by atoms with Gasteiger partial charge in [-0.3, -0.25) is 19.4 Å². The standard InChI is InChI=1S/C28H26N2O6S4/c1-15(2)13-35-25(33)17-7-5-9-19(11-17)29-23(31)21(39-27(29)37)22-24(32)30(28(38)40-22)20-10-6-8-18(12-20)26(34)36-14-16(3)4/h5-12,15-16H,13-14H2,1-4H3/b22-21+. The Labute approximate surface area is 251 Å². The molecular formula is C28H26N2O6S4. The number of nitrogens with zero attached hydrogens (tertiary/aromatic N) is 2. The van der Waals surface area contributed by atoms with Gasteiger partial charge in [-0.05, 0) is 48.2 Å². The van der Waals surface area contributed by atoms with Gasteiger partial charge in [0.05, 0.1) is 45.5 Å². The molecule has 0 aromatic heterocycles. The highest BCUT2D eigenvalue weighted by molar-refractivity contribution is 8.30. The fourth-order valence-corrected chi connectivity index (χ4v) is 6.40. The summed E-state index contributed by atoms with van der Waals surface area (Å²) in [6, 6.07) is 12.8. The minimum atomic E-state index is -0.503. The van der Waals surface area contributed by atoms with Crippen LogP contribution in [-0.2, 0) is 19.1 Å². The van der Waals surface area contributed by atoms with Crippen LogP contribution < -0.4 is 9.80 Å². The van der Waals surface area contributed by atoms with Crippen LogP contribution in [0.5, 0.6) is 0 Å². The molecular weight excluding hydrogens is 589 g/mol. The highest BCUT2D eigenvalue weighted by atomic mass is 32.2. The predicted molar refractivity (Wildman–Crippen MR) is 166 cm³/mol. The minimum Gasteiger partial charge on any atom is -0.462 e. The van der Waals surface area contributed by atoms with Crippen LogP contribution in [0, 0.1) is 11.8 Å². The average Bonchev–Trinajstić information content (AvgIpc) is 3.38. The van der Waals surface area contributed by atoms with Crippen molar-refractivity contribution in [3.05, 3.63) is 69.5 Å². The number of thiocarbonyl (C=S) groups is 2. The molecule has 2 aliphatic rings. The van der Waals surface area contributed by atoms with Crippen molar-refractivity contribution in [2.75, 3.05) is 23.0 Å². The third-order valence-corrected chi connectivity index (χ3v) is 8.39. The number of amides is 2. The number of thioether (sulfide) groups is 2. The Bertz CT molecular complexity index is 1340. The zero-order valence-corrected chi connectivity index (χ0v) is 25.4. The lowest BCUT2D eigenvalue weighted by Crippen LogP contribution is -2.30. The van der Waals surface area contributed by atoms with Crippen LogP contribution in [0.25, 0.3) is 0 Å². The van der Waals surface area contributed by atoms with Crippen molar-refractivity contribution < 1.29 is 28.7 Å². The van der Waals surface area contributed by atoms with Crippen molar-refractivity contribution in [2.24, 2.45) is 11.8 Å². The highest BCUT2D eigenvalue weighted by Gasteiger charge is 2.43. The first-order valence-corrected chi connectivity index (χ1v) is 14.8. The predicted octanol–water partition coefficient (Wildman–Crippen LogP) is 5.95. The number of hydrogen-bond donors (Lipinski definition) is 0. The summed E-state index contributed by atoms with van der Waals surface area (Å²) >= 11 is 13.0. The minimum absolute atomic E-state index is 0.144. The van der Waals surface area contributed by atoms with E-state index in [0.717, 1.165) is 23.5 Å². The van der Waals surface area contributed by atoms with Crippen LogP contribution in [0.2, 0.25) is 0 Å². The lowest BCUT2D eigenvalue weighted by molar-refractivity contribution is -0.115. The van der Waals surface area contributed by atoms with Gasteiger partial charge in [-0.15, -0.1) is 0 Å². The number of rotatable bonds is 8. The lowest BCUT2D eigenvalue weighted by atomic mass is 10.2. The van der Waals surface area contributed by atoms with E-state index < -0.39 is 23.8 Å². The van der Waals surface area contributed by atoms with E-state index in [2.05, 4.69) is 0 Å². The highest BCUT2D eigenvalue weighted by Crippen LogP contribution is 2.44. The van der Waals surface area contributed by atoms with Crippen LogP contribution in [0.3, 0.4) is 0 Å². The quantitative estimate of drug-likeness (QED) is 0.202. The number of carbonyl (C=O) groups excluding carboxylic acids is 4. The summed E-state index contributed by atoms with van der Waals surface area (Å²) in [5, 5.41) is 0. The first-order valence-electron chi connectivity index (χ1n) is 12.4. The molecule has 0 atom stereocenters. The normalized spacial score (nSPS) is 17.4. The van der Waals surface area contributed by atoms with Crippen molar-refractivity contribution in [2.45, 2.75) is 27.7 Å². The van der Waals surface area contributed by atoms with Crippen LogP contribution in [0.4, 0.5) is 11.4 Å². The van der Waals surface area contributed by atoms with Gasteiger partial charge < -0.3 is 9.47 Å². The van der Waals surface area contributed by atoms with Crippen LogP contribution in [0.1, 0.15) is 48.4 Å². The average molecular weight is 615 g/mol. The molecule has 2 aromatic carbocycles. The second-order valence-corrected chi connectivity index (χ2v) is 13.0. The second kappa shape index (κ2) is 12.6. The van der Waals surface area contributed by atoms with Crippen molar-refractivity contribution in [1.29, 1.82) is 0 Å². The van der Waals surface area contributed by atoms with Crippen LogP contribution in [0.15, 0.2) is 58.3 Å². The van der Waals surface area contributed by atoms with E-state index in [9.17, 15) is 19.2 Å². The summed E-state index contributed by atoms with van der Waals surface area (Å²) in [7, 11) is 0. The number of ether oxygens (including phenoxy) is 2. The molecule has 0 spiro atoms. The molecule has 2 aromatic rings. The molecule has 8 nitrogen and oxygen atoms in total. The Morgan fingerprint density at radius 1 is 0.725 bits per heavy atom. The Morgan fingerprint density at radius 3 is 1.45 bits per heavy atom. The topological polar surface area (TPSA) is 93.2 Å². The van der Waals surface area contributed by atoms with Gasteiger partial charge in [-0.25, -0.2) is 9.59 Å². The van der Waals surface area contributed by atoms with Gasteiger partial charge in [-0.1, -0.05) is 87.8 Å². The molecule has 4 rings (SSSR count). The van der Waals surface area contributed by atoms with Gasteiger partial charge in [0.2, 0.25) is 0 Å². The Balaban J connectivity index is 1.58. The zero-order chi connectivity index (χ0) is 29.1. The van der Waals surface area contributed by atoms with E-state index in [0.29, 0.717) is 11.4 Å². The molecule has 12 heteroatoms. The third kappa shape index (κ3) is 6.46. The second-order valence-electron chi connectivity index (χ2n) is 9.76. The fourth-order valence-electron chi connectivity index (χ4n) is 3.65. The summed E-state index contributed by atoms with van der Waals surface area (Å²) in [6.07, 6.45) is 0. The van der Waals surface area contributed by atoms with E-state index in [1.165, 1.54) is 21.9 Å². The maximum Gasteiger partial charge on any atom is 0.338 e. The van der Waals surface area contributed by atoms with Crippen LogP contribution in [-0.4, -0.2) is 45.6 Å². The van der Waals surface area contributed by atoms with Crippen molar-refractivity contribution >= 4 is 91.7 Å². The molecule has 0 radical (unpaired) electrons. The molecule has 2 fully saturated rings. The molecule has 2 heterocycles. The monoisotopic (exact) mass is 614 g/mol. The van der Waals surface area contributed by atoms with Gasteiger partial charge in [0.15, 0.2) is 8.64 Å². The molecule has 0 bridgehead atoms. The van der Waals surface area contributed by atoms with E-state index in [1.54, 1.807) is 36.4 Å². The molecule has 2 saturated heterocycles. The van der Waals surface area contributed by atoms with Gasteiger partial charge in [0.25, 0.3) is 11.8 Å². The SMILES string of the molecule is CC(C)COC(=O)c1cccc(N2C(=O)/C(=C3\SC(=S)N(c4cccc(C(=O)OCC(C)C)c4)C3=O)SC2=S)c1. The summed E-state index contributed by atoms with van der Waals surface area (Å²) < 4.78 is 11.0. The number of hydrogen-bond acceptors (Lipinski definition) is 10. The summed E-state index contributed by atoms with van der Waals surface area (Å²) in [5.74, 6) is -1.63. The number of esters is 2. The third-order valence-electron chi connectivity index (χ3n) is 5.52. The first-order chi connectivity index (χ1) is 19.0. The van der Waals surface area contributed by atoms with Gasteiger partial charge >= 0.3 is 11.9 Å². The van der Waals surface area contributed by atoms with E-state index in [4.69, 9.17) is 33.9 Å². The molecule has 2 aliphatic heterocycles. The van der Waals surface area contributed by atoms with Crippen LogP contribution >= 0.6 is 48.0 Å². The Morgan fingerprint density at radius 2 is 1.10 bits per heavy atom. The van der Waals surface area contributed by atoms with E-state index in [1.807, 2.05) is 27.7 Å². The van der Waals surface area contributed by atoms with E-state index >= 15 is 0 Å². The smallest absolute Gasteiger partial charge is 0.338 e. The fraction of sp³-hybridized carbons (Fsp3) is 0.286. The van der Waals surface area contributed by atoms with E-state index in [-0.39, 0.29) is 54.6 Å². The lowest BCUT2D eigenvalue weighted by Gasteiger charge is -2.16. The number of benzene rings is 2. The molecule has 0 aliphatic carbocycles. The van der Waals surface area contributed by atoms with Gasteiger partial charge in [0.1, 0.15) is 0 Å². The molecule has 0 saturated carbocycles. The maximum absolute atomic E-state index is 13.5. The number of anilines is 2.